The molecule has 3 unspecified atom stereocenters. The number of rotatable bonds is 3. The molecule has 1 heterocycles. The highest BCUT2D eigenvalue weighted by Gasteiger charge is 2.42. The molecule has 0 aromatic rings. The lowest BCUT2D eigenvalue weighted by Gasteiger charge is -2.22. The van der Waals surface area contributed by atoms with Crippen LogP contribution in [0.25, 0.3) is 0 Å². The zero-order valence-electron chi connectivity index (χ0n) is 7.88. The van der Waals surface area contributed by atoms with E-state index in [4.69, 9.17) is 4.74 Å². The third-order valence-corrected chi connectivity index (χ3v) is 3.24. The Labute approximate surface area is 74.7 Å². The van der Waals surface area contributed by atoms with Crippen molar-refractivity contribution >= 4 is 0 Å². The Bertz CT molecular complexity index is 143. The molecule has 1 saturated carbocycles. The lowest BCUT2D eigenvalue weighted by atomic mass is 9.96. The Morgan fingerprint density at radius 3 is 3.08 bits per heavy atom. The van der Waals surface area contributed by atoms with Crippen molar-refractivity contribution in [2.45, 2.75) is 19.3 Å². The molecule has 1 N–H and O–H groups in total. The summed E-state index contributed by atoms with van der Waals surface area (Å²) in [5.41, 5.74) is 0. The summed E-state index contributed by atoms with van der Waals surface area (Å²) in [5, 5.41) is 3.26. The first kappa shape index (κ1) is 8.52. The normalized spacial score (nSPS) is 41.2. The van der Waals surface area contributed by atoms with Crippen LogP contribution < -0.4 is 5.32 Å². The lowest BCUT2D eigenvalue weighted by molar-refractivity contribution is 0.0445. The van der Waals surface area contributed by atoms with Crippen molar-refractivity contribution in [3.8, 4) is 0 Å². The standard InChI is InChI=1S/C10H19NO/c1-11-6-9-5-10(9)8-3-2-4-12-7-8/h8-11H,2-7H2,1H3. The fourth-order valence-electron chi connectivity index (χ4n) is 2.45. The third-order valence-electron chi connectivity index (χ3n) is 3.24. The Hall–Kier alpha value is -0.0800. The lowest BCUT2D eigenvalue weighted by Crippen LogP contribution is -2.21. The number of hydrogen-bond donors (Lipinski definition) is 1. The van der Waals surface area contributed by atoms with Gasteiger partial charge >= 0.3 is 0 Å². The van der Waals surface area contributed by atoms with Crippen molar-refractivity contribution in [2.75, 3.05) is 26.8 Å². The van der Waals surface area contributed by atoms with Gasteiger partial charge in [0, 0.05) is 13.2 Å². The van der Waals surface area contributed by atoms with Gasteiger partial charge in [-0.15, -0.1) is 0 Å². The number of ether oxygens (including phenoxy) is 1. The van der Waals surface area contributed by atoms with Crippen LogP contribution in [-0.2, 0) is 4.74 Å². The topological polar surface area (TPSA) is 21.3 Å². The number of nitrogens with one attached hydrogen (secondary N) is 1. The fourth-order valence-corrected chi connectivity index (χ4v) is 2.45. The van der Waals surface area contributed by atoms with Gasteiger partial charge in [0.15, 0.2) is 0 Å². The largest absolute Gasteiger partial charge is 0.381 e. The van der Waals surface area contributed by atoms with Crippen molar-refractivity contribution in [1.29, 1.82) is 0 Å². The van der Waals surface area contributed by atoms with E-state index in [1.54, 1.807) is 0 Å². The van der Waals surface area contributed by atoms with Gasteiger partial charge in [0.25, 0.3) is 0 Å². The Morgan fingerprint density at radius 2 is 2.42 bits per heavy atom. The summed E-state index contributed by atoms with van der Waals surface area (Å²) >= 11 is 0. The maximum atomic E-state index is 5.49. The van der Waals surface area contributed by atoms with Crippen LogP contribution in [0.2, 0.25) is 0 Å². The van der Waals surface area contributed by atoms with E-state index >= 15 is 0 Å². The Kier molecular flexibility index (Phi) is 2.66. The minimum Gasteiger partial charge on any atom is -0.381 e. The van der Waals surface area contributed by atoms with Crippen molar-refractivity contribution in [1.82, 2.24) is 5.32 Å². The van der Waals surface area contributed by atoms with Crippen molar-refractivity contribution in [2.24, 2.45) is 17.8 Å². The van der Waals surface area contributed by atoms with E-state index in [1.807, 2.05) is 7.05 Å². The SMILES string of the molecule is CNCC1CC1C1CCCOC1. The van der Waals surface area contributed by atoms with Gasteiger partial charge in [-0.25, -0.2) is 0 Å². The second kappa shape index (κ2) is 3.75. The molecular formula is C10H19NO. The molecule has 0 amide bonds. The van der Waals surface area contributed by atoms with Gasteiger partial charge in [-0.2, -0.15) is 0 Å². The summed E-state index contributed by atoms with van der Waals surface area (Å²) in [4.78, 5) is 0. The highest BCUT2D eigenvalue weighted by molar-refractivity contribution is 4.92. The molecule has 2 nitrogen and oxygen atoms in total. The molecule has 2 fully saturated rings. The van der Waals surface area contributed by atoms with Gasteiger partial charge in [0.1, 0.15) is 0 Å². The summed E-state index contributed by atoms with van der Waals surface area (Å²) in [7, 11) is 2.05. The summed E-state index contributed by atoms with van der Waals surface area (Å²) in [6.45, 7) is 3.24. The van der Waals surface area contributed by atoms with Gasteiger partial charge < -0.3 is 10.1 Å². The van der Waals surface area contributed by atoms with E-state index in [1.165, 1.54) is 25.8 Å². The highest BCUT2D eigenvalue weighted by atomic mass is 16.5. The monoisotopic (exact) mass is 169 g/mol. The van der Waals surface area contributed by atoms with E-state index in [0.717, 1.165) is 31.0 Å². The fraction of sp³-hybridized carbons (Fsp3) is 1.00. The number of hydrogen-bond acceptors (Lipinski definition) is 2. The summed E-state index contributed by atoms with van der Waals surface area (Å²) in [5.74, 6) is 2.83. The molecule has 0 spiro atoms. The van der Waals surface area contributed by atoms with Crippen LogP contribution >= 0.6 is 0 Å². The molecule has 1 aliphatic carbocycles. The van der Waals surface area contributed by atoms with E-state index in [9.17, 15) is 0 Å². The van der Waals surface area contributed by atoms with Crippen LogP contribution in [-0.4, -0.2) is 26.8 Å². The van der Waals surface area contributed by atoms with Gasteiger partial charge in [0.05, 0.1) is 0 Å². The van der Waals surface area contributed by atoms with Gasteiger partial charge in [-0.1, -0.05) is 0 Å². The first-order valence-electron chi connectivity index (χ1n) is 5.14. The van der Waals surface area contributed by atoms with Crippen LogP contribution in [0.15, 0.2) is 0 Å². The molecular weight excluding hydrogens is 150 g/mol. The van der Waals surface area contributed by atoms with Crippen LogP contribution in [0.1, 0.15) is 19.3 Å². The zero-order chi connectivity index (χ0) is 8.39. The smallest absolute Gasteiger partial charge is 0.0497 e. The average Bonchev–Trinajstić information content (AvgIpc) is 2.87. The van der Waals surface area contributed by atoms with Crippen molar-refractivity contribution < 1.29 is 4.74 Å². The molecule has 0 aromatic carbocycles. The van der Waals surface area contributed by atoms with Crippen LogP contribution in [0, 0.1) is 17.8 Å². The van der Waals surface area contributed by atoms with Crippen molar-refractivity contribution in [3.05, 3.63) is 0 Å². The molecule has 1 aliphatic heterocycles. The maximum absolute atomic E-state index is 5.49. The molecule has 0 aromatic heterocycles. The molecule has 0 radical (unpaired) electrons. The molecule has 0 bridgehead atoms. The van der Waals surface area contributed by atoms with Crippen LogP contribution in [0.5, 0.6) is 0 Å². The quantitative estimate of drug-likeness (QED) is 0.687. The van der Waals surface area contributed by atoms with Gasteiger partial charge in [0.2, 0.25) is 0 Å². The molecule has 2 heteroatoms. The van der Waals surface area contributed by atoms with E-state index < -0.39 is 0 Å². The predicted octanol–water partition coefficient (Wildman–Crippen LogP) is 1.27. The zero-order valence-corrected chi connectivity index (χ0v) is 7.88. The second-order valence-corrected chi connectivity index (χ2v) is 4.19. The minimum absolute atomic E-state index is 0.886. The molecule has 2 rings (SSSR count). The molecule has 2 aliphatic rings. The molecule has 1 saturated heterocycles. The highest BCUT2D eigenvalue weighted by Crippen LogP contribution is 2.46. The summed E-state index contributed by atoms with van der Waals surface area (Å²) in [6, 6.07) is 0. The maximum Gasteiger partial charge on any atom is 0.0497 e. The van der Waals surface area contributed by atoms with Gasteiger partial charge in [-0.05, 0) is 50.6 Å². The first-order valence-corrected chi connectivity index (χ1v) is 5.14. The van der Waals surface area contributed by atoms with Crippen LogP contribution in [0.4, 0.5) is 0 Å². The summed E-state index contributed by atoms with van der Waals surface area (Å²) < 4.78 is 5.49. The van der Waals surface area contributed by atoms with E-state index in [-0.39, 0.29) is 0 Å². The average molecular weight is 169 g/mol. The van der Waals surface area contributed by atoms with Crippen molar-refractivity contribution in [3.63, 3.8) is 0 Å². The molecule has 70 valence electrons. The first-order chi connectivity index (χ1) is 5.92. The molecule has 3 atom stereocenters. The molecule has 12 heavy (non-hydrogen) atoms. The van der Waals surface area contributed by atoms with E-state index in [2.05, 4.69) is 5.32 Å². The second-order valence-electron chi connectivity index (χ2n) is 4.19. The van der Waals surface area contributed by atoms with Gasteiger partial charge in [-0.3, -0.25) is 0 Å². The minimum atomic E-state index is 0.886. The third kappa shape index (κ3) is 1.80. The Morgan fingerprint density at radius 1 is 1.50 bits per heavy atom. The summed E-state index contributed by atoms with van der Waals surface area (Å²) in [6.07, 6.45) is 4.13. The predicted molar refractivity (Wildman–Crippen MR) is 49.1 cm³/mol. The van der Waals surface area contributed by atoms with E-state index in [0.29, 0.717) is 0 Å². The Balaban J connectivity index is 1.72. The van der Waals surface area contributed by atoms with Crippen LogP contribution in [0.3, 0.4) is 0 Å².